The van der Waals surface area contributed by atoms with Gasteiger partial charge in [0.1, 0.15) is 0 Å². The van der Waals surface area contributed by atoms with Crippen LogP contribution in [0.5, 0.6) is 0 Å². The Kier molecular flexibility index (Phi) is 2.97. The molecule has 1 heterocycles. The molecule has 0 bridgehead atoms. The van der Waals surface area contributed by atoms with Crippen LogP contribution >= 0.6 is 11.6 Å². The highest BCUT2D eigenvalue weighted by molar-refractivity contribution is 6.73. The van der Waals surface area contributed by atoms with Crippen LogP contribution in [-0.4, -0.2) is 22.6 Å². The van der Waals surface area contributed by atoms with Crippen molar-refractivity contribution in [2.24, 2.45) is 5.16 Å². The largest absolute Gasteiger partial charge is 0.416 e. The van der Waals surface area contributed by atoms with E-state index in [-0.39, 0.29) is 11.3 Å². The number of fused-ring (bicyclic) bond motifs is 1. The predicted octanol–water partition coefficient (Wildman–Crippen LogP) is 2.32. The van der Waals surface area contributed by atoms with E-state index in [1.807, 2.05) is 5.32 Å². The standard InChI is InChI=1S/C10H4ClF3N2O3/c11-4-1-3(10(12,13)14)2-5-6(4)8(17)7(16-19)9(18)15-5/h1-2,19H,(H,15,18)/b16-7-. The van der Waals surface area contributed by atoms with Gasteiger partial charge in [-0.1, -0.05) is 16.8 Å². The van der Waals surface area contributed by atoms with Crippen molar-refractivity contribution < 1.29 is 28.0 Å². The first-order valence-electron chi connectivity index (χ1n) is 4.74. The number of anilines is 1. The molecule has 9 heteroatoms. The molecule has 100 valence electrons. The topological polar surface area (TPSA) is 78.8 Å². The second-order valence-electron chi connectivity index (χ2n) is 3.61. The molecule has 1 aromatic rings. The third-order valence-electron chi connectivity index (χ3n) is 2.42. The van der Waals surface area contributed by atoms with Gasteiger partial charge in [-0.15, -0.1) is 0 Å². The van der Waals surface area contributed by atoms with Crippen molar-refractivity contribution in [2.75, 3.05) is 5.32 Å². The average Bonchev–Trinajstić information content (AvgIpc) is 2.26. The Hall–Kier alpha value is -2.09. The molecule has 1 aliphatic heterocycles. The summed E-state index contributed by atoms with van der Waals surface area (Å²) in [5, 5.41) is 12.5. The maximum Gasteiger partial charge on any atom is 0.416 e. The summed E-state index contributed by atoms with van der Waals surface area (Å²) in [6.07, 6.45) is -4.67. The van der Waals surface area contributed by atoms with E-state index in [1.54, 1.807) is 0 Å². The number of nitrogens with zero attached hydrogens (tertiary/aromatic N) is 1. The molecule has 0 saturated heterocycles. The molecule has 1 aromatic carbocycles. The zero-order chi connectivity index (χ0) is 14.4. The molecule has 0 unspecified atom stereocenters. The summed E-state index contributed by atoms with van der Waals surface area (Å²) in [6, 6.07) is 1.15. The minimum atomic E-state index is -4.67. The first kappa shape index (κ1) is 13.3. The number of carbonyl (C=O) groups excluding carboxylic acids is 2. The zero-order valence-corrected chi connectivity index (χ0v) is 9.63. The number of alkyl halides is 3. The van der Waals surface area contributed by atoms with Crippen molar-refractivity contribution in [3.8, 4) is 0 Å². The molecule has 2 rings (SSSR count). The van der Waals surface area contributed by atoms with Gasteiger partial charge in [0.2, 0.25) is 11.5 Å². The lowest BCUT2D eigenvalue weighted by Gasteiger charge is -2.19. The number of hydrogen-bond donors (Lipinski definition) is 2. The number of ketones is 1. The van der Waals surface area contributed by atoms with Crippen molar-refractivity contribution in [1.29, 1.82) is 0 Å². The molecule has 1 amide bonds. The smallest absolute Gasteiger partial charge is 0.410 e. The molecule has 5 nitrogen and oxygen atoms in total. The minimum absolute atomic E-state index is 0.345. The number of benzene rings is 1. The number of nitrogens with one attached hydrogen (secondary N) is 1. The van der Waals surface area contributed by atoms with Crippen molar-refractivity contribution in [3.63, 3.8) is 0 Å². The Balaban J connectivity index is 2.66. The molecule has 0 saturated carbocycles. The van der Waals surface area contributed by atoms with E-state index in [1.165, 1.54) is 0 Å². The van der Waals surface area contributed by atoms with E-state index in [0.29, 0.717) is 12.1 Å². The van der Waals surface area contributed by atoms with Gasteiger partial charge in [0.05, 0.1) is 21.8 Å². The van der Waals surface area contributed by atoms with Gasteiger partial charge in [0.25, 0.3) is 5.91 Å². The van der Waals surface area contributed by atoms with Gasteiger partial charge in [0.15, 0.2) is 0 Å². The molecule has 0 radical (unpaired) electrons. The van der Waals surface area contributed by atoms with Gasteiger partial charge < -0.3 is 10.5 Å². The van der Waals surface area contributed by atoms with Crippen LogP contribution in [0.15, 0.2) is 17.3 Å². The average molecular weight is 293 g/mol. The predicted molar refractivity (Wildman–Crippen MR) is 58.6 cm³/mol. The lowest BCUT2D eigenvalue weighted by atomic mass is 9.98. The number of Topliss-reactive ketones (excluding diaryl/α,β-unsaturated/α-hetero) is 1. The maximum atomic E-state index is 12.6. The van der Waals surface area contributed by atoms with Crippen LogP contribution in [0.4, 0.5) is 18.9 Å². The van der Waals surface area contributed by atoms with Crippen LogP contribution in [0.1, 0.15) is 15.9 Å². The van der Waals surface area contributed by atoms with Crippen LogP contribution in [-0.2, 0) is 11.0 Å². The molecule has 0 fully saturated rings. The lowest BCUT2D eigenvalue weighted by Crippen LogP contribution is -2.36. The van der Waals surface area contributed by atoms with E-state index in [4.69, 9.17) is 16.8 Å². The molecule has 1 aliphatic rings. The van der Waals surface area contributed by atoms with E-state index in [9.17, 15) is 22.8 Å². The minimum Gasteiger partial charge on any atom is -0.410 e. The Morgan fingerprint density at radius 1 is 1.26 bits per heavy atom. The summed E-state index contributed by atoms with van der Waals surface area (Å²) in [4.78, 5) is 23.0. The first-order chi connectivity index (χ1) is 8.75. The Morgan fingerprint density at radius 2 is 1.89 bits per heavy atom. The number of carbonyl (C=O) groups is 2. The molecule has 0 aromatic heterocycles. The van der Waals surface area contributed by atoms with Gasteiger partial charge in [-0.3, -0.25) is 9.59 Å². The van der Waals surface area contributed by atoms with Gasteiger partial charge in [-0.2, -0.15) is 13.2 Å². The van der Waals surface area contributed by atoms with Gasteiger partial charge in [-0.05, 0) is 12.1 Å². The van der Waals surface area contributed by atoms with Gasteiger partial charge in [0, 0.05) is 0 Å². The fourth-order valence-electron chi connectivity index (χ4n) is 1.59. The molecule has 19 heavy (non-hydrogen) atoms. The highest BCUT2D eigenvalue weighted by Crippen LogP contribution is 2.37. The SMILES string of the molecule is O=C1Nc2cc(C(F)(F)F)cc(Cl)c2C(=O)/C1=N/O. The van der Waals surface area contributed by atoms with Crippen molar-refractivity contribution in [3.05, 3.63) is 28.3 Å². The summed E-state index contributed by atoms with van der Waals surface area (Å²) < 4.78 is 37.7. The van der Waals surface area contributed by atoms with Crippen LogP contribution in [0.2, 0.25) is 5.02 Å². The number of halogens is 4. The third-order valence-corrected chi connectivity index (χ3v) is 2.72. The highest BCUT2D eigenvalue weighted by atomic mass is 35.5. The van der Waals surface area contributed by atoms with E-state index in [2.05, 4.69) is 5.16 Å². The molecule has 0 spiro atoms. The Labute approximate surface area is 108 Å². The van der Waals surface area contributed by atoms with Crippen molar-refractivity contribution in [1.82, 2.24) is 0 Å². The van der Waals surface area contributed by atoms with E-state index in [0.717, 1.165) is 0 Å². The molecule has 0 aliphatic carbocycles. The third kappa shape index (κ3) is 2.14. The Bertz CT molecular complexity index is 625. The molecule has 0 atom stereocenters. The summed E-state index contributed by atoms with van der Waals surface area (Å²) in [7, 11) is 0. The quantitative estimate of drug-likeness (QED) is 0.569. The van der Waals surface area contributed by atoms with Gasteiger partial charge >= 0.3 is 6.18 Å². The van der Waals surface area contributed by atoms with Crippen LogP contribution < -0.4 is 5.32 Å². The molecular formula is C10H4ClF3N2O3. The fraction of sp³-hybridized carbons (Fsp3) is 0.100. The number of rotatable bonds is 0. The number of oxime groups is 1. The second-order valence-corrected chi connectivity index (χ2v) is 4.02. The van der Waals surface area contributed by atoms with Crippen LogP contribution in [0, 0.1) is 0 Å². The van der Waals surface area contributed by atoms with Crippen molar-refractivity contribution in [2.45, 2.75) is 6.18 Å². The van der Waals surface area contributed by atoms with Gasteiger partial charge in [-0.25, -0.2) is 0 Å². The summed E-state index contributed by atoms with van der Waals surface area (Å²) >= 11 is 5.61. The zero-order valence-electron chi connectivity index (χ0n) is 8.88. The number of amides is 1. The monoisotopic (exact) mass is 292 g/mol. The van der Waals surface area contributed by atoms with Crippen LogP contribution in [0.3, 0.4) is 0 Å². The maximum absolute atomic E-state index is 12.6. The second kappa shape index (κ2) is 4.23. The fourth-order valence-corrected chi connectivity index (χ4v) is 1.90. The molecular weight excluding hydrogens is 289 g/mol. The highest BCUT2D eigenvalue weighted by Gasteiger charge is 2.37. The van der Waals surface area contributed by atoms with Crippen molar-refractivity contribution >= 4 is 34.7 Å². The first-order valence-corrected chi connectivity index (χ1v) is 5.12. The van der Waals surface area contributed by atoms with Crippen LogP contribution in [0.25, 0.3) is 0 Å². The summed E-state index contributed by atoms with van der Waals surface area (Å²) in [5.41, 5.74) is -2.66. The number of hydrogen-bond acceptors (Lipinski definition) is 4. The summed E-state index contributed by atoms with van der Waals surface area (Å²) in [6.45, 7) is 0. The van der Waals surface area contributed by atoms with E-state index >= 15 is 0 Å². The Morgan fingerprint density at radius 3 is 2.42 bits per heavy atom. The molecule has 2 N–H and O–H groups in total. The van der Waals surface area contributed by atoms with E-state index < -0.39 is 34.2 Å². The normalized spacial score (nSPS) is 17.4. The lowest BCUT2D eigenvalue weighted by molar-refractivity contribution is -0.137. The summed E-state index contributed by atoms with van der Waals surface area (Å²) in [5.74, 6) is -2.14.